The number of esters is 1. The number of carbonyl (C=O) groups is 1. The Morgan fingerprint density at radius 1 is 0.900 bits per heavy atom. The molecule has 0 bridgehead atoms. The Labute approximate surface area is 122 Å². The van der Waals surface area contributed by atoms with Crippen LogP contribution in [0.25, 0.3) is 0 Å². The molecular formula is C17H26O3. The van der Waals surface area contributed by atoms with Gasteiger partial charge < -0.3 is 9.47 Å². The van der Waals surface area contributed by atoms with Crippen molar-refractivity contribution in [3.63, 3.8) is 0 Å². The van der Waals surface area contributed by atoms with Crippen molar-refractivity contribution in [1.29, 1.82) is 0 Å². The number of carbonyl (C=O) groups excluding carboxylic acids is 1. The van der Waals surface area contributed by atoms with Crippen LogP contribution < -0.4 is 4.74 Å². The summed E-state index contributed by atoms with van der Waals surface area (Å²) in [7, 11) is 0. The molecule has 0 saturated heterocycles. The Morgan fingerprint density at radius 2 is 1.60 bits per heavy atom. The van der Waals surface area contributed by atoms with E-state index in [-0.39, 0.29) is 5.97 Å². The van der Waals surface area contributed by atoms with E-state index in [2.05, 4.69) is 13.8 Å². The summed E-state index contributed by atoms with van der Waals surface area (Å²) in [6.07, 6.45) is 6.70. The minimum Gasteiger partial charge on any atom is -0.494 e. The van der Waals surface area contributed by atoms with Crippen LogP contribution in [0.2, 0.25) is 0 Å². The third kappa shape index (κ3) is 6.60. The second-order valence-corrected chi connectivity index (χ2v) is 4.92. The lowest BCUT2D eigenvalue weighted by molar-refractivity contribution is 0.0499. The maximum atomic E-state index is 11.7. The molecule has 0 heterocycles. The van der Waals surface area contributed by atoms with Gasteiger partial charge in [-0.15, -0.1) is 0 Å². The largest absolute Gasteiger partial charge is 0.494 e. The monoisotopic (exact) mass is 278 g/mol. The van der Waals surface area contributed by atoms with Crippen LogP contribution in [0.15, 0.2) is 24.3 Å². The molecule has 1 aromatic rings. The first-order valence-electron chi connectivity index (χ1n) is 7.68. The molecule has 0 aliphatic heterocycles. The van der Waals surface area contributed by atoms with Crippen molar-refractivity contribution in [2.45, 2.75) is 52.4 Å². The van der Waals surface area contributed by atoms with E-state index in [0.717, 1.165) is 31.6 Å². The number of benzene rings is 1. The number of hydrogen-bond acceptors (Lipinski definition) is 3. The van der Waals surface area contributed by atoms with E-state index in [1.807, 2.05) is 12.1 Å². The summed E-state index contributed by atoms with van der Waals surface area (Å²) in [6, 6.07) is 7.18. The highest BCUT2D eigenvalue weighted by atomic mass is 16.5. The van der Waals surface area contributed by atoms with Crippen LogP contribution in [0.1, 0.15) is 62.7 Å². The maximum absolute atomic E-state index is 11.7. The molecule has 0 aromatic heterocycles. The van der Waals surface area contributed by atoms with E-state index >= 15 is 0 Å². The third-order valence-corrected chi connectivity index (χ3v) is 3.09. The maximum Gasteiger partial charge on any atom is 0.338 e. The molecule has 0 unspecified atom stereocenters. The summed E-state index contributed by atoms with van der Waals surface area (Å²) in [4.78, 5) is 11.7. The molecule has 0 radical (unpaired) electrons. The Bertz CT molecular complexity index is 370. The second kappa shape index (κ2) is 10.3. The number of hydrogen-bond donors (Lipinski definition) is 0. The lowest BCUT2D eigenvalue weighted by Gasteiger charge is -2.07. The summed E-state index contributed by atoms with van der Waals surface area (Å²) in [5, 5.41) is 0. The zero-order valence-corrected chi connectivity index (χ0v) is 12.7. The number of rotatable bonds is 10. The van der Waals surface area contributed by atoms with E-state index in [1.165, 1.54) is 19.3 Å². The fourth-order valence-corrected chi connectivity index (χ4v) is 1.80. The van der Waals surface area contributed by atoms with Crippen LogP contribution in [-0.2, 0) is 4.74 Å². The van der Waals surface area contributed by atoms with Gasteiger partial charge in [-0.2, -0.15) is 0 Å². The standard InChI is InChI=1S/C17H26O3/c1-3-5-7-8-14-19-16-11-9-15(10-12-16)17(18)20-13-6-4-2/h9-12H,3-8,13-14H2,1-2H3. The van der Waals surface area contributed by atoms with Gasteiger partial charge >= 0.3 is 5.97 Å². The summed E-state index contributed by atoms with van der Waals surface area (Å²) in [5.41, 5.74) is 0.583. The first-order chi connectivity index (χ1) is 9.77. The van der Waals surface area contributed by atoms with Gasteiger partial charge in [-0.25, -0.2) is 4.79 Å². The predicted molar refractivity (Wildman–Crippen MR) is 81.3 cm³/mol. The highest BCUT2D eigenvalue weighted by molar-refractivity contribution is 5.89. The fraction of sp³-hybridized carbons (Fsp3) is 0.588. The molecule has 0 aliphatic carbocycles. The molecule has 0 N–H and O–H groups in total. The first kappa shape index (κ1) is 16.5. The van der Waals surface area contributed by atoms with E-state index in [1.54, 1.807) is 12.1 Å². The van der Waals surface area contributed by atoms with Gasteiger partial charge in [0.1, 0.15) is 5.75 Å². The van der Waals surface area contributed by atoms with Gasteiger partial charge in [0.2, 0.25) is 0 Å². The summed E-state index contributed by atoms with van der Waals surface area (Å²) >= 11 is 0. The molecule has 112 valence electrons. The van der Waals surface area contributed by atoms with Crippen LogP contribution >= 0.6 is 0 Å². The first-order valence-corrected chi connectivity index (χ1v) is 7.68. The average Bonchev–Trinajstić information content (AvgIpc) is 2.48. The molecule has 3 nitrogen and oxygen atoms in total. The normalized spacial score (nSPS) is 10.3. The lowest BCUT2D eigenvalue weighted by atomic mass is 10.2. The van der Waals surface area contributed by atoms with Gasteiger partial charge in [0.15, 0.2) is 0 Å². The molecule has 20 heavy (non-hydrogen) atoms. The Hall–Kier alpha value is -1.51. The fourth-order valence-electron chi connectivity index (χ4n) is 1.80. The van der Waals surface area contributed by atoms with Gasteiger partial charge in [0.25, 0.3) is 0 Å². The quantitative estimate of drug-likeness (QED) is 0.463. The molecule has 3 heteroatoms. The van der Waals surface area contributed by atoms with Gasteiger partial charge in [-0.05, 0) is 37.1 Å². The van der Waals surface area contributed by atoms with Crippen molar-refractivity contribution < 1.29 is 14.3 Å². The number of ether oxygens (including phenoxy) is 2. The molecule has 0 atom stereocenters. The zero-order chi connectivity index (χ0) is 14.6. The van der Waals surface area contributed by atoms with Crippen molar-refractivity contribution >= 4 is 5.97 Å². The minimum atomic E-state index is -0.257. The Morgan fingerprint density at radius 3 is 2.25 bits per heavy atom. The summed E-state index contributed by atoms with van der Waals surface area (Å²) in [5.74, 6) is 0.555. The van der Waals surface area contributed by atoms with Gasteiger partial charge in [-0.1, -0.05) is 39.5 Å². The molecule has 0 aliphatic rings. The van der Waals surface area contributed by atoms with Crippen molar-refractivity contribution in [3.8, 4) is 5.75 Å². The van der Waals surface area contributed by atoms with Gasteiger partial charge in [0, 0.05) is 0 Å². The van der Waals surface area contributed by atoms with Gasteiger partial charge in [-0.3, -0.25) is 0 Å². The molecule has 1 aromatic carbocycles. The Kier molecular flexibility index (Phi) is 8.52. The SMILES string of the molecule is CCCCCCOc1ccc(C(=O)OCCCC)cc1. The van der Waals surface area contributed by atoms with Crippen LogP contribution in [0, 0.1) is 0 Å². The highest BCUT2D eigenvalue weighted by Crippen LogP contribution is 2.14. The van der Waals surface area contributed by atoms with Gasteiger partial charge in [0.05, 0.1) is 18.8 Å². The Balaban J connectivity index is 2.30. The van der Waals surface area contributed by atoms with Crippen LogP contribution in [0.4, 0.5) is 0 Å². The topological polar surface area (TPSA) is 35.5 Å². The second-order valence-electron chi connectivity index (χ2n) is 4.92. The summed E-state index contributed by atoms with van der Waals surface area (Å²) < 4.78 is 10.8. The minimum absolute atomic E-state index is 0.257. The van der Waals surface area contributed by atoms with Crippen molar-refractivity contribution in [2.75, 3.05) is 13.2 Å². The molecule has 0 saturated carbocycles. The van der Waals surface area contributed by atoms with Crippen molar-refractivity contribution in [1.82, 2.24) is 0 Å². The van der Waals surface area contributed by atoms with Crippen molar-refractivity contribution in [2.24, 2.45) is 0 Å². The van der Waals surface area contributed by atoms with E-state index in [0.29, 0.717) is 12.2 Å². The molecular weight excluding hydrogens is 252 g/mol. The zero-order valence-electron chi connectivity index (χ0n) is 12.7. The van der Waals surface area contributed by atoms with E-state index in [4.69, 9.17) is 9.47 Å². The highest BCUT2D eigenvalue weighted by Gasteiger charge is 2.06. The predicted octanol–water partition coefficient (Wildman–Crippen LogP) is 4.60. The smallest absolute Gasteiger partial charge is 0.338 e. The molecule has 0 fully saturated rings. The van der Waals surface area contributed by atoms with Crippen molar-refractivity contribution in [3.05, 3.63) is 29.8 Å². The molecule has 0 amide bonds. The summed E-state index contributed by atoms with van der Waals surface area (Å²) in [6.45, 7) is 5.49. The lowest BCUT2D eigenvalue weighted by Crippen LogP contribution is -2.06. The van der Waals surface area contributed by atoms with Crippen LogP contribution in [-0.4, -0.2) is 19.2 Å². The number of unbranched alkanes of at least 4 members (excludes halogenated alkanes) is 4. The third-order valence-electron chi connectivity index (χ3n) is 3.09. The van der Waals surface area contributed by atoms with Crippen LogP contribution in [0.5, 0.6) is 5.75 Å². The van der Waals surface area contributed by atoms with Crippen LogP contribution in [0.3, 0.4) is 0 Å². The molecule has 1 rings (SSSR count). The van der Waals surface area contributed by atoms with E-state index < -0.39 is 0 Å². The average molecular weight is 278 g/mol. The van der Waals surface area contributed by atoms with E-state index in [9.17, 15) is 4.79 Å². The molecule has 0 spiro atoms.